The van der Waals surface area contributed by atoms with Crippen LogP contribution in [0.15, 0.2) is 30.3 Å². The van der Waals surface area contributed by atoms with Gasteiger partial charge in [-0.05, 0) is 42.8 Å². The van der Waals surface area contributed by atoms with Crippen molar-refractivity contribution < 1.29 is 0 Å². The van der Waals surface area contributed by atoms with Gasteiger partial charge in [0.15, 0.2) is 0 Å². The normalized spacial score (nSPS) is 17.2. The van der Waals surface area contributed by atoms with Gasteiger partial charge < -0.3 is 5.32 Å². The van der Waals surface area contributed by atoms with Crippen molar-refractivity contribution in [2.24, 2.45) is 5.92 Å². The minimum absolute atomic E-state index is 0.563. The highest BCUT2D eigenvalue weighted by molar-refractivity contribution is 7.19. The predicted molar refractivity (Wildman–Crippen MR) is 80.2 cm³/mol. The molecule has 1 aromatic heterocycles. The van der Waals surface area contributed by atoms with Crippen molar-refractivity contribution in [3.8, 4) is 0 Å². The third-order valence-corrected chi connectivity index (χ3v) is 5.03. The zero-order chi connectivity index (χ0) is 12.4. The largest absolute Gasteiger partial charge is 0.310 e. The number of hydrogen-bond donors (Lipinski definition) is 1. The first-order valence-electron chi connectivity index (χ1n) is 7.08. The van der Waals surface area contributed by atoms with Crippen LogP contribution in [0.5, 0.6) is 0 Å². The molecule has 0 radical (unpaired) electrons. The van der Waals surface area contributed by atoms with Crippen LogP contribution in [-0.2, 0) is 0 Å². The van der Waals surface area contributed by atoms with E-state index in [1.165, 1.54) is 40.6 Å². The summed E-state index contributed by atoms with van der Waals surface area (Å²) in [4.78, 5) is 1.51. The molecule has 1 unspecified atom stereocenters. The van der Waals surface area contributed by atoms with Crippen LogP contribution in [0.25, 0.3) is 10.1 Å². The maximum atomic E-state index is 3.65. The SMILES string of the molecule is CCNC(CCC1CC1)c1cc2ccccc2s1. The maximum Gasteiger partial charge on any atom is 0.0415 e. The molecule has 1 saturated carbocycles. The highest BCUT2D eigenvalue weighted by atomic mass is 32.1. The molecule has 1 atom stereocenters. The fourth-order valence-corrected chi connectivity index (χ4v) is 3.75. The third-order valence-electron chi connectivity index (χ3n) is 3.80. The lowest BCUT2D eigenvalue weighted by atomic mass is 10.1. The van der Waals surface area contributed by atoms with Gasteiger partial charge >= 0.3 is 0 Å². The molecule has 96 valence electrons. The van der Waals surface area contributed by atoms with Crippen LogP contribution in [0.2, 0.25) is 0 Å². The van der Waals surface area contributed by atoms with Crippen molar-refractivity contribution in [1.29, 1.82) is 0 Å². The van der Waals surface area contributed by atoms with Crippen LogP contribution < -0.4 is 5.32 Å². The second-order valence-electron chi connectivity index (χ2n) is 5.32. The number of thiophene rings is 1. The summed E-state index contributed by atoms with van der Waals surface area (Å²) in [5, 5.41) is 5.05. The van der Waals surface area contributed by atoms with Crippen molar-refractivity contribution in [2.45, 2.75) is 38.6 Å². The van der Waals surface area contributed by atoms with Gasteiger partial charge in [-0.25, -0.2) is 0 Å². The van der Waals surface area contributed by atoms with E-state index >= 15 is 0 Å². The quantitative estimate of drug-likeness (QED) is 0.790. The van der Waals surface area contributed by atoms with E-state index < -0.39 is 0 Å². The summed E-state index contributed by atoms with van der Waals surface area (Å²) >= 11 is 1.95. The molecule has 0 amide bonds. The van der Waals surface area contributed by atoms with E-state index in [-0.39, 0.29) is 0 Å². The molecule has 1 nitrogen and oxygen atoms in total. The molecule has 1 heterocycles. The van der Waals surface area contributed by atoms with Gasteiger partial charge in [-0.15, -0.1) is 11.3 Å². The van der Waals surface area contributed by atoms with Crippen LogP contribution in [0, 0.1) is 5.92 Å². The number of hydrogen-bond acceptors (Lipinski definition) is 2. The van der Waals surface area contributed by atoms with Gasteiger partial charge in [0.05, 0.1) is 0 Å². The zero-order valence-electron chi connectivity index (χ0n) is 11.0. The second kappa shape index (κ2) is 5.41. The van der Waals surface area contributed by atoms with Crippen molar-refractivity contribution in [2.75, 3.05) is 6.54 Å². The summed E-state index contributed by atoms with van der Waals surface area (Å²) in [7, 11) is 0. The Balaban J connectivity index is 1.78. The molecule has 0 bridgehead atoms. The molecule has 1 fully saturated rings. The average molecular weight is 259 g/mol. The standard InChI is InChI=1S/C16H21NS/c1-2-17-14(10-9-12-7-8-12)16-11-13-5-3-4-6-15(13)18-16/h3-6,11-12,14,17H,2,7-10H2,1H3. The smallest absolute Gasteiger partial charge is 0.0415 e. The lowest BCUT2D eigenvalue weighted by Crippen LogP contribution is -2.20. The molecule has 18 heavy (non-hydrogen) atoms. The van der Waals surface area contributed by atoms with Gasteiger partial charge in [-0.1, -0.05) is 38.0 Å². The Morgan fingerprint density at radius 3 is 2.89 bits per heavy atom. The number of fused-ring (bicyclic) bond motifs is 1. The highest BCUT2D eigenvalue weighted by Gasteiger charge is 2.23. The minimum atomic E-state index is 0.563. The summed E-state index contributed by atoms with van der Waals surface area (Å²) in [6.07, 6.45) is 5.62. The van der Waals surface area contributed by atoms with E-state index in [4.69, 9.17) is 0 Å². The number of benzene rings is 1. The van der Waals surface area contributed by atoms with E-state index in [2.05, 4.69) is 42.6 Å². The fraction of sp³-hybridized carbons (Fsp3) is 0.500. The topological polar surface area (TPSA) is 12.0 Å². The van der Waals surface area contributed by atoms with Crippen molar-refractivity contribution in [3.05, 3.63) is 35.2 Å². The molecule has 1 N–H and O–H groups in total. The van der Waals surface area contributed by atoms with Crippen LogP contribution in [-0.4, -0.2) is 6.54 Å². The zero-order valence-corrected chi connectivity index (χ0v) is 11.8. The van der Waals surface area contributed by atoms with Gasteiger partial charge in [-0.2, -0.15) is 0 Å². The average Bonchev–Trinajstić information content (AvgIpc) is 3.11. The van der Waals surface area contributed by atoms with E-state index in [0.717, 1.165) is 12.5 Å². The second-order valence-corrected chi connectivity index (χ2v) is 6.43. The van der Waals surface area contributed by atoms with Gasteiger partial charge in [0.2, 0.25) is 0 Å². The lowest BCUT2D eigenvalue weighted by molar-refractivity contribution is 0.488. The van der Waals surface area contributed by atoms with Gasteiger partial charge in [0.25, 0.3) is 0 Å². The number of nitrogens with one attached hydrogen (secondary N) is 1. The van der Waals surface area contributed by atoms with Gasteiger partial charge in [0.1, 0.15) is 0 Å². The van der Waals surface area contributed by atoms with E-state index in [1.54, 1.807) is 0 Å². The van der Waals surface area contributed by atoms with Crippen LogP contribution in [0.4, 0.5) is 0 Å². The first-order valence-corrected chi connectivity index (χ1v) is 7.90. The van der Waals surface area contributed by atoms with Crippen LogP contribution >= 0.6 is 11.3 Å². The first kappa shape index (κ1) is 12.2. The Morgan fingerprint density at radius 1 is 1.33 bits per heavy atom. The van der Waals surface area contributed by atoms with Crippen molar-refractivity contribution in [3.63, 3.8) is 0 Å². The Bertz CT molecular complexity index is 480. The molecular formula is C16H21NS. The first-order chi connectivity index (χ1) is 8.86. The molecule has 1 aliphatic rings. The van der Waals surface area contributed by atoms with Crippen molar-refractivity contribution in [1.82, 2.24) is 5.32 Å². The maximum absolute atomic E-state index is 3.65. The minimum Gasteiger partial charge on any atom is -0.310 e. The fourth-order valence-electron chi connectivity index (χ4n) is 2.57. The molecule has 0 saturated heterocycles. The van der Waals surface area contributed by atoms with Crippen LogP contribution in [0.1, 0.15) is 43.5 Å². The van der Waals surface area contributed by atoms with Gasteiger partial charge in [0, 0.05) is 15.6 Å². The summed E-state index contributed by atoms with van der Waals surface area (Å²) in [6, 6.07) is 11.7. The Kier molecular flexibility index (Phi) is 3.67. The molecular weight excluding hydrogens is 238 g/mol. The van der Waals surface area contributed by atoms with E-state index in [0.29, 0.717) is 6.04 Å². The molecule has 1 aliphatic carbocycles. The lowest BCUT2D eigenvalue weighted by Gasteiger charge is -2.15. The highest BCUT2D eigenvalue weighted by Crippen LogP contribution is 2.38. The summed E-state index contributed by atoms with van der Waals surface area (Å²) in [5.41, 5.74) is 0. The van der Waals surface area contributed by atoms with Gasteiger partial charge in [-0.3, -0.25) is 0 Å². The summed E-state index contributed by atoms with van der Waals surface area (Å²) < 4.78 is 1.42. The molecule has 3 rings (SSSR count). The Labute approximate surface area is 113 Å². The summed E-state index contributed by atoms with van der Waals surface area (Å²) in [5.74, 6) is 1.03. The summed E-state index contributed by atoms with van der Waals surface area (Å²) in [6.45, 7) is 3.26. The molecule has 1 aromatic carbocycles. The monoisotopic (exact) mass is 259 g/mol. The Hall–Kier alpha value is -0.860. The van der Waals surface area contributed by atoms with Crippen molar-refractivity contribution >= 4 is 21.4 Å². The molecule has 0 spiro atoms. The predicted octanol–water partition coefficient (Wildman–Crippen LogP) is 4.74. The van der Waals surface area contributed by atoms with Crippen LogP contribution in [0.3, 0.4) is 0 Å². The Morgan fingerprint density at radius 2 is 2.17 bits per heavy atom. The molecule has 2 aromatic rings. The number of rotatable bonds is 6. The van der Waals surface area contributed by atoms with E-state index in [1.807, 2.05) is 11.3 Å². The van der Waals surface area contributed by atoms with E-state index in [9.17, 15) is 0 Å². The third kappa shape index (κ3) is 2.76. The molecule has 0 aliphatic heterocycles. The molecule has 2 heteroatoms.